The zero-order valence-electron chi connectivity index (χ0n) is 6.22. The van der Waals surface area contributed by atoms with E-state index in [0.717, 1.165) is 0 Å². The van der Waals surface area contributed by atoms with E-state index in [4.69, 9.17) is 22.2 Å². The van der Waals surface area contributed by atoms with Crippen LogP contribution < -0.4 is 0 Å². The number of benzene rings is 1. The van der Waals surface area contributed by atoms with Gasteiger partial charge in [-0.2, -0.15) is 0 Å². The van der Waals surface area contributed by atoms with Crippen molar-refractivity contribution in [2.24, 2.45) is 0 Å². The van der Waals surface area contributed by atoms with Crippen LogP contribution in [0.3, 0.4) is 0 Å². The largest absolute Gasteiger partial charge is 0.157 e. The van der Waals surface area contributed by atoms with Crippen LogP contribution in [-0.2, 0) is 0 Å². The quantitative estimate of drug-likeness (QED) is 0.481. The molecule has 0 nitrogen and oxygen atoms in total. The van der Waals surface area contributed by atoms with E-state index in [2.05, 4.69) is 23.9 Å². The molecule has 0 saturated heterocycles. The summed E-state index contributed by atoms with van der Waals surface area (Å²) in [4.78, 5) is 1.27. The van der Waals surface area contributed by atoms with Crippen molar-refractivity contribution in [3.05, 3.63) is 36.0 Å². The van der Waals surface area contributed by atoms with Crippen LogP contribution in [0.4, 0.5) is 0 Å². The van der Waals surface area contributed by atoms with Crippen LogP contribution in [0.25, 0.3) is 10.4 Å². The third-order valence-electron chi connectivity index (χ3n) is 1.82. The van der Waals surface area contributed by atoms with Crippen molar-refractivity contribution in [2.75, 3.05) is 0 Å². The van der Waals surface area contributed by atoms with E-state index in [-0.39, 0.29) is 0 Å². The molecule has 0 aliphatic carbocycles. The third kappa shape index (κ3) is 1.40. The summed E-state index contributed by atoms with van der Waals surface area (Å²) in [6, 6.07) is 10.3. The lowest BCUT2D eigenvalue weighted by atomic mass is 10.3. The van der Waals surface area contributed by atoms with Crippen molar-refractivity contribution in [2.45, 2.75) is 0 Å². The number of fused-ring (bicyclic) bond motifs is 1. The van der Waals surface area contributed by atoms with Crippen molar-refractivity contribution >= 4 is 47.0 Å². The van der Waals surface area contributed by atoms with E-state index in [1.54, 1.807) is 0 Å². The highest BCUT2D eigenvalue weighted by Crippen LogP contribution is 2.13. The first-order chi connectivity index (χ1) is 5.79. The fraction of sp³-hybridized carbons (Fsp3) is 0. The summed E-state index contributed by atoms with van der Waals surface area (Å²) in [6.45, 7) is 0. The van der Waals surface area contributed by atoms with Crippen molar-refractivity contribution in [1.82, 2.24) is 0 Å². The first-order valence-corrected chi connectivity index (χ1v) is 9.72. The van der Waals surface area contributed by atoms with Crippen LogP contribution in [0.1, 0.15) is 0 Å². The molecule has 2 rings (SSSR count). The Bertz CT molecular complexity index is 428. The van der Waals surface area contributed by atoms with Gasteiger partial charge in [0, 0.05) is 0 Å². The van der Waals surface area contributed by atoms with Crippen molar-refractivity contribution in [1.29, 1.82) is 0 Å². The molecule has 0 N–H and O–H groups in total. The van der Waals surface area contributed by atoms with Gasteiger partial charge in [0.15, 0.2) is 7.21 Å². The zero-order chi connectivity index (χ0) is 8.55. The normalized spacial score (nSPS) is 10.5. The van der Waals surface area contributed by atoms with Gasteiger partial charge in [-0.25, -0.2) is 0 Å². The molecule has 0 aliphatic heterocycles. The summed E-state index contributed by atoms with van der Waals surface area (Å²) in [5, 5.41) is 1.25. The molecule has 2 aromatic rings. The van der Waals surface area contributed by atoms with Gasteiger partial charge in [0.2, 0.25) is 0 Å². The minimum atomic E-state index is -0.975. The minimum Gasteiger partial charge on any atom is -0.137 e. The number of halogens is 2. The SMILES string of the molecule is Cl[si]1ccc2ccccc2[si]1Cl. The van der Waals surface area contributed by atoms with E-state index in [1.807, 2.05) is 12.1 Å². The average molecular weight is 229 g/mol. The van der Waals surface area contributed by atoms with Crippen LogP contribution in [0.2, 0.25) is 0 Å². The maximum absolute atomic E-state index is 6.26. The standard InChI is InChI=1S/C8H6Cl2Si2/c9-11-6-5-7-3-1-2-4-8(7)12(11)10/h1-6H. The highest BCUT2D eigenvalue weighted by molar-refractivity contribution is 7.43. The highest BCUT2D eigenvalue weighted by Gasteiger charge is 2.03. The maximum Gasteiger partial charge on any atom is 0.157 e. The minimum absolute atomic E-state index is 0.924. The van der Waals surface area contributed by atoms with E-state index in [1.165, 1.54) is 10.4 Å². The molecule has 1 aromatic heterocycles. The van der Waals surface area contributed by atoms with Crippen LogP contribution in [0.15, 0.2) is 36.0 Å². The zero-order valence-corrected chi connectivity index (χ0v) is 9.73. The fourth-order valence-electron chi connectivity index (χ4n) is 1.21. The number of hydrogen-bond acceptors (Lipinski definition) is 0. The van der Waals surface area contributed by atoms with Crippen LogP contribution in [0, 0.1) is 0 Å². The highest BCUT2D eigenvalue weighted by atomic mass is 35.6. The van der Waals surface area contributed by atoms with Gasteiger partial charge in [0.25, 0.3) is 0 Å². The van der Waals surface area contributed by atoms with Gasteiger partial charge in [-0.1, -0.05) is 36.0 Å². The Kier molecular flexibility index (Phi) is 2.41. The summed E-state index contributed by atoms with van der Waals surface area (Å²) in [5.74, 6) is 0. The van der Waals surface area contributed by atoms with Gasteiger partial charge in [-0.3, -0.25) is 0 Å². The summed E-state index contributed by atoms with van der Waals surface area (Å²) in [5.41, 5.74) is 2.08. The second-order valence-electron chi connectivity index (χ2n) is 2.58. The Morgan fingerprint density at radius 2 is 1.75 bits per heavy atom. The Hall–Kier alpha value is -0.0262. The monoisotopic (exact) mass is 228 g/mol. The third-order valence-corrected chi connectivity index (χ3v) is 11.6. The topological polar surface area (TPSA) is 0 Å². The van der Waals surface area contributed by atoms with Gasteiger partial charge < -0.3 is 0 Å². The Morgan fingerprint density at radius 3 is 2.58 bits per heavy atom. The lowest BCUT2D eigenvalue weighted by molar-refractivity contribution is 1.84. The Balaban J connectivity index is 2.91. The van der Waals surface area contributed by atoms with E-state index in [0.29, 0.717) is 0 Å². The molecular weight excluding hydrogens is 223 g/mol. The summed E-state index contributed by atoms with van der Waals surface area (Å²) < 4.78 is 0. The van der Waals surface area contributed by atoms with E-state index in [9.17, 15) is 0 Å². The van der Waals surface area contributed by atoms with Gasteiger partial charge in [0.1, 0.15) is 7.21 Å². The molecule has 1 aromatic carbocycles. The predicted octanol–water partition coefficient (Wildman–Crippen LogP) is 2.90. The maximum atomic E-state index is 6.26. The van der Waals surface area contributed by atoms with Gasteiger partial charge >= 0.3 is 0 Å². The number of hydrogen-bond donors (Lipinski definition) is 0. The first-order valence-electron chi connectivity index (χ1n) is 3.62. The molecule has 12 heavy (non-hydrogen) atoms. The molecule has 0 atom stereocenters. The van der Waals surface area contributed by atoms with E-state index >= 15 is 0 Å². The molecule has 0 amide bonds. The first kappa shape index (κ1) is 8.57. The lowest BCUT2D eigenvalue weighted by Crippen LogP contribution is -2.01. The van der Waals surface area contributed by atoms with Crippen molar-refractivity contribution in [3.8, 4) is 0 Å². The smallest absolute Gasteiger partial charge is 0.137 e. The molecule has 0 saturated carbocycles. The second-order valence-corrected chi connectivity index (χ2v) is 12.2. The molecule has 0 aliphatic rings. The molecule has 0 fully saturated rings. The summed E-state index contributed by atoms with van der Waals surface area (Å²) in [6.07, 6.45) is 0. The van der Waals surface area contributed by atoms with Crippen molar-refractivity contribution in [3.63, 3.8) is 0 Å². The van der Waals surface area contributed by atoms with Crippen LogP contribution in [-0.4, -0.2) is 14.4 Å². The van der Waals surface area contributed by atoms with E-state index < -0.39 is 14.4 Å². The van der Waals surface area contributed by atoms with Crippen LogP contribution in [0.5, 0.6) is 0 Å². The summed E-state index contributed by atoms with van der Waals surface area (Å²) in [7, 11) is -1.90. The fourth-order valence-corrected chi connectivity index (χ4v) is 6.93. The van der Waals surface area contributed by atoms with Gasteiger partial charge in [-0.15, -0.1) is 22.2 Å². The van der Waals surface area contributed by atoms with Crippen molar-refractivity contribution < 1.29 is 0 Å². The van der Waals surface area contributed by atoms with Gasteiger partial charge in [-0.05, 0) is 10.4 Å². The molecule has 4 heteroatoms. The average Bonchev–Trinajstić information content (AvgIpc) is 2.12. The molecule has 0 unspecified atom stereocenters. The second kappa shape index (κ2) is 3.38. The molecular formula is C8H6Cl2Si2. The molecule has 0 radical (unpaired) electrons. The Morgan fingerprint density at radius 1 is 1.00 bits per heavy atom. The lowest BCUT2D eigenvalue weighted by Gasteiger charge is -1.99. The molecule has 0 bridgehead atoms. The molecule has 1 heterocycles. The summed E-state index contributed by atoms with van der Waals surface area (Å²) >= 11 is 12.4. The molecule has 0 spiro atoms. The number of rotatable bonds is 0. The Labute approximate surface area is 83.0 Å². The predicted molar refractivity (Wildman–Crippen MR) is 58.3 cm³/mol. The molecule has 60 valence electrons. The van der Waals surface area contributed by atoms with Gasteiger partial charge in [0.05, 0.1) is 0 Å². The van der Waals surface area contributed by atoms with Crippen LogP contribution >= 0.6 is 22.2 Å².